The Hall–Kier alpha value is -3.52. The second kappa shape index (κ2) is 9.77. The molecule has 0 bridgehead atoms. The molecular formula is C26H31N3O5. The Balaban J connectivity index is 1.45. The minimum atomic E-state index is -0.566. The molecule has 1 aliphatic heterocycles. The monoisotopic (exact) mass is 465 g/mol. The number of hydrogen-bond donors (Lipinski definition) is 1. The quantitative estimate of drug-likeness (QED) is 0.620. The molecule has 180 valence electrons. The maximum atomic E-state index is 12.5. The van der Waals surface area contributed by atoms with Crippen molar-refractivity contribution in [2.75, 3.05) is 31.1 Å². The van der Waals surface area contributed by atoms with Crippen molar-refractivity contribution in [1.29, 1.82) is 0 Å². The van der Waals surface area contributed by atoms with E-state index >= 15 is 0 Å². The number of nitrogens with zero attached hydrogens (tertiary/aromatic N) is 3. The lowest BCUT2D eigenvalue weighted by Crippen LogP contribution is -2.57. The average Bonchev–Trinajstić information content (AvgIpc) is 3.25. The highest BCUT2D eigenvalue weighted by Crippen LogP contribution is 2.27. The lowest BCUT2D eigenvalue weighted by Gasteiger charge is -2.42. The van der Waals surface area contributed by atoms with Crippen LogP contribution in [0.2, 0.25) is 0 Å². The van der Waals surface area contributed by atoms with Crippen LogP contribution in [0.3, 0.4) is 0 Å². The Kier molecular flexibility index (Phi) is 6.79. The summed E-state index contributed by atoms with van der Waals surface area (Å²) in [5.74, 6) is 0. The molecule has 3 aromatic rings. The van der Waals surface area contributed by atoms with Gasteiger partial charge in [-0.15, -0.1) is 0 Å². The largest absolute Gasteiger partial charge is 0.444 e. The van der Waals surface area contributed by atoms with Crippen molar-refractivity contribution in [2.45, 2.75) is 39.0 Å². The fraction of sp³-hybridized carbons (Fsp3) is 0.385. The van der Waals surface area contributed by atoms with Gasteiger partial charge in [-0.05, 0) is 38.5 Å². The molecule has 34 heavy (non-hydrogen) atoms. The summed E-state index contributed by atoms with van der Waals surface area (Å²) < 4.78 is 12.4. The smallest absolute Gasteiger partial charge is 0.418 e. The Labute approximate surface area is 199 Å². The van der Waals surface area contributed by atoms with Crippen LogP contribution in [0.25, 0.3) is 10.8 Å². The van der Waals surface area contributed by atoms with Crippen LogP contribution in [-0.4, -0.2) is 64.6 Å². The van der Waals surface area contributed by atoms with Crippen LogP contribution in [0.4, 0.5) is 15.3 Å². The number of ether oxygens (including phenoxy) is 2. The minimum absolute atomic E-state index is 0.0931. The van der Waals surface area contributed by atoms with E-state index in [1.807, 2.05) is 69.3 Å². The Morgan fingerprint density at radius 2 is 1.74 bits per heavy atom. The third-order valence-corrected chi connectivity index (χ3v) is 5.72. The lowest BCUT2D eigenvalue weighted by molar-refractivity contribution is 0.0197. The molecule has 1 N–H and O–H groups in total. The first-order valence-corrected chi connectivity index (χ1v) is 11.4. The van der Waals surface area contributed by atoms with E-state index < -0.39 is 11.7 Å². The van der Waals surface area contributed by atoms with E-state index in [9.17, 15) is 14.7 Å². The van der Waals surface area contributed by atoms with Crippen LogP contribution >= 0.6 is 0 Å². The summed E-state index contributed by atoms with van der Waals surface area (Å²) in [6, 6.07) is 15.2. The van der Waals surface area contributed by atoms with Crippen molar-refractivity contribution in [2.24, 2.45) is 0 Å². The van der Waals surface area contributed by atoms with Gasteiger partial charge in [-0.1, -0.05) is 36.4 Å². The minimum Gasteiger partial charge on any atom is -0.444 e. The number of piperazine rings is 1. The highest BCUT2D eigenvalue weighted by Gasteiger charge is 2.32. The van der Waals surface area contributed by atoms with Crippen LogP contribution in [-0.2, 0) is 16.1 Å². The summed E-state index contributed by atoms with van der Waals surface area (Å²) in [6.07, 6.45) is 2.68. The molecule has 1 unspecified atom stereocenters. The SMILES string of the molecule is CC(C)(C)OC(=O)N1CCN(c2ccc3cn(C(=O)OCc4ccccc4)cc3c2)C(CO)C1. The molecule has 0 radical (unpaired) electrons. The Bertz CT molecular complexity index is 1150. The fourth-order valence-electron chi connectivity index (χ4n) is 4.05. The van der Waals surface area contributed by atoms with E-state index in [1.165, 1.54) is 4.57 Å². The third-order valence-electron chi connectivity index (χ3n) is 5.72. The molecule has 0 saturated carbocycles. The van der Waals surface area contributed by atoms with E-state index in [-0.39, 0.29) is 25.3 Å². The highest BCUT2D eigenvalue weighted by atomic mass is 16.6. The van der Waals surface area contributed by atoms with Crippen LogP contribution in [0.1, 0.15) is 26.3 Å². The fourth-order valence-corrected chi connectivity index (χ4v) is 4.05. The first kappa shape index (κ1) is 23.6. The molecule has 1 amide bonds. The highest BCUT2D eigenvalue weighted by molar-refractivity contribution is 5.89. The van der Waals surface area contributed by atoms with Crippen molar-refractivity contribution in [3.05, 3.63) is 66.5 Å². The van der Waals surface area contributed by atoms with E-state index in [1.54, 1.807) is 17.3 Å². The summed E-state index contributed by atoms with van der Waals surface area (Å²) in [7, 11) is 0. The summed E-state index contributed by atoms with van der Waals surface area (Å²) in [6.45, 7) is 7.06. The molecule has 8 nitrogen and oxygen atoms in total. The number of aromatic nitrogens is 1. The van der Waals surface area contributed by atoms with Crippen molar-refractivity contribution in [3.8, 4) is 0 Å². The normalized spacial score (nSPS) is 16.5. The number of rotatable bonds is 4. The maximum Gasteiger partial charge on any atom is 0.418 e. The number of benzene rings is 2. The van der Waals surface area contributed by atoms with E-state index in [0.29, 0.717) is 19.6 Å². The number of aliphatic hydroxyl groups is 1. The molecule has 0 spiro atoms. The first-order valence-electron chi connectivity index (χ1n) is 11.4. The molecule has 1 fully saturated rings. The van der Waals surface area contributed by atoms with Gasteiger partial charge in [0, 0.05) is 48.5 Å². The summed E-state index contributed by atoms with van der Waals surface area (Å²) in [4.78, 5) is 28.7. The van der Waals surface area contributed by atoms with Gasteiger partial charge in [0.1, 0.15) is 12.2 Å². The summed E-state index contributed by atoms with van der Waals surface area (Å²) in [5, 5.41) is 11.8. The van der Waals surface area contributed by atoms with E-state index in [2.05, 4.69) is 4.90 Å². The van der Waals surface area contributed by atoms with Gasteiger partial charge in [0.25, 0.3) is 0 Å². The van der Waals surface area contributed by atoms with Crippen molar-refractivity contribution in [1.82, 2.24) is 9.47 Å². The Morgan fingerprint density at radius 1 is 1.00 bits per heavy atom. The average molecular weight is 466 g/mol. The zero-order valence-electron chi connectivity index (χ0n) is 19.8. The van der Waals surface area contributed by atoms with Gasteiger partial charge in [0.2, 0.25) is 0 Å². The Morgan fingerprint density at radius 3 is 2.44 bits per heavy atom. The van der Waals surface area contributed by atoms with Crippen LogP contribution < -0.4 is 4.90 Å². The van der Waals surface area contributed by atoms with Crippen molar-refractivity contribution >= 4 is 28.6 Å². The predicted octanol–water partition coefficient (Wildman–Crippen LogP) is 4.24. The van der Waals surface area contributed by atoms with Gasteiger partial charge >= 0.3 is 12.2 Å². The number of anilines is 1. The zero-order valence-corrected chi connectivity index (χ0v) is 19.8. The van der Waals surface area contributed by atoms with Gasteiger partial charge in [0.05, 0.1) is 12.6 Å². The van der Waals surface area contributed by atoms with Crippen molar-refractivity contribution in [3.63, 3.8) is 0 Å². The van der Waals surface area contributed by atoms with E-state index in [4.69, 9.17) is 9.47 Å². The van der Waals surface area contributed by atoms with Crippen LogP contribution in [0.5, 0.6) is 0 Å². The lowest BCUT2D eigenvalue weighted by atomic mass is 10.1. The van der Waals surface area contributed by atoms with Crippen molar-refractivity contribution < 1.29 is 24.2 Å². The first-order chi connectivity index (χ1) is 16.2. The van der Waals surface area contributed by atoms with Gasteiger partial charge < -0.3 is 24.4 Å². The summed E-state index contributed by atoms with van der Waals surface area (Å²) in [5.41, 5.74) is 1.28. The maximum absolute atomic E-state index is 12.5. The second-order valence-electron chi connectivity index (χ2n) is 9.48. The molecule has 0 aliphatic carbocycles. The molecule has 1 atom stereocenters. The van der Waals surface area contributed by atoms with Gasteiger partial charge in [-0.2, -0.15) is 0 Å². The van der Waals surface area contributed by atoms with Crippen LogP contribution in [0, 0.1) is 0 Å². The number of hydrogen-bond acceptors (Lipinski definition) is 6. The molecule has 2 aromatic carbocycles. The number of carbonyl (C=O) groups excluding carboxylic acids is 2. The number of aliphatic hydroxyl groups excluding tert-OH is 1. The molecule has 1 saturated heterocycles. The number of carbonyl (C=O) groups is 2. The molecule has 2 heterocycles. The topological polar surface area (TPSA) is 84.2 Å². The standard InChI is InChI=1S/C26H31N3O5/c1-26(2,3)34-25(32)27-11-12-29(23(16-27)17-30)22-10-9-20-14-28(15-21(20)13-22)24(31)33-18-19-7-5-4-6-8-19/h4-10,13-15,23,30H,11-12,16-18H2,1-3H3. The molecule has 4 rings (SSSR count). The van der Waals surface area contributed by atoms with Gasteiger partial charge in [-0.25, -0.2) is 9.59 Å². The molecule has 1 aliphatic rings. The third kappa shape index (κ3) is 5.51. The zero-order chi connectivity index (χ0) is 24.3. The number of amides is 1. The second-order valence-corrected chi connectivity index (χ2v) is 9.48. The van der Waals surface area contributed by atoms with E-state index in [0.717, 1.165) is 22.0 Å². The molecule has 8 heteroatoms. The summed E-state index contributed by atoms with van der Waals surface area (Å²) >= 11 is 0. The van der Waals surface area contributed by atoms with Gasteiger partial charge in [0.15, 0.2) is 0 Å². The molecule has 1 aromatic heterocycles. The molecular weight excluding hydrogens is 434 g/mol. The van der Waals surface area contributed by atoms with Gasteiger partial charge in [-0.3, -0.25) is 4.57 Å². The predicted molar refractivity (Wildman–Crippen MR) is 130 cm³/mol. The van der Waals surface area contributed by atoms with Crippen LogP contribution in [0.15, 0.2) is 60.9 Å². The number of fused-ring (bicyclic) bond motifs is 1.